The van der Waals surface area contributed by atoms with Crippen molar-refractivity contribution < 1.29 is 0 Å². The minimum absolute atomic E-state index is 0.0740. The Morgan fingerprint density at radius 1 is 1.75 bits per heavy atom. The van der Waals surface area contributed by atoms with E-state index in [1.165, 1.54) is 0 Å². The lowest BCUT2D eigenvalue weighted by atomic mass is 10.3. The number of nitrogens with one attached hydrogen (secondary N) is 1. The molecule has 0 atom stereocenters. The summed E-state index contributed by atoms with van der Waals surface area (Å²) in [6.45, 7) is 5.21. The van der Waals surface area contributed by atoms with Crippen LogP contribution < -0.4 is 0 Å². The smallest absolute Gasteiger partial charge is 0.123 e. The lowest BCUT2D eigenvalue weighted by molar-refractivity contribution is 1.49. The molecule has 0 rings (SSSR count). The molecule has 2 heteroatoms. The van der Waals surface area contributed by atoms with Gasteiger partial charge in [0.2, 0.25) is 0 Å². The Bertz CT molecular complexity index is 135. The van der Waals surface area contributed by atoms with Crippen molar-refractivity contribution in [2.24, 2.45) is 0 Å². The van der Waals surface area contributed by atoms with Gasteiger partial charge in [0.15, 0.2) is 0 Å². The van der Waals surface area contributed by atoms with Crippen LogP contribution in [-0.4, -0.2) is 5.17 Å². The van der Waals surface area contributed by atoms with Crippen LogP contribution >= 0.6 is 11.6 Å². The van der Waals surface area contributed by atoms with E-state index >= 15 is 0 Å². The van der Waals surface area contributed by atoms with E-state index < -0.39 is 0 Å². The molecule has 0 spiro atoms. The predicted molar refractivity (Wildman–Crippen MR) is 37.5 cm³/mol. The largest absolute Gasteiger partial charge is 0.289 e. The summed E-state index contributed by atoms with van der Waals surface area (Å²) in [6, 6.07) is 0. The maximum Gasteiger partial charge on any atom is 0.123 e. The lowest BCUT2D eigenvalue weighted by Crippen LogP contribution is -1.83. The third-order valence-electron chi connectivity index (χ3n) is 0.714. The van der Waals surface area contributed by atoms with Gasteiger partial charge in [-0.25, -0.2) is 0 Å². The number of hydrogen-bond acceptors (Lipinski definition) is 1. The first kappa shape index (κ1) is 7.44. The second kappa shape index (κ2) is 3.44. The summed E-state index contributed by atoms with van der Waals surface area (Å²) < 4.78 is 0. The summed E-state index contributed by atoms with van der Waals surface area (Å²) in [4.78, 5) is 0. The Morgan fingerprint density at radius 3 is 2.38 bits per heavy atom. The van der Waals surface area contributed by atoms with Gasteiger partial charge >= 0.3 is 0 Å². The number of allylic oxidation sites excluding steroid dienone is 3. The van der Waals surface area contributed by atoms with Gasteiger partial charge in [0.1, 0.15) is 5.17 Å². The Labute approximate surface area is 54.2 Å². The number of hydrogen-bond donors (Lipinski definition) is 1. The maximum absolute atomic E-state index is 6.85. The van der Waals surface area contributed by atoms with E-state index in [1.54, 1.807) is 19.1 Å². The molecule has 0 aromatic heterocycles. The summed E-state index contributed by atoms with van der Waals surface area (Å²) in [7, 11) is 0. The summed E-state index contributed by atoms with van der Waals surface area (Å²) in [6.07, 6.45) is 3.29. The summed E-state index contributed by atoms with van der Waals surface area (Å²) in [5.74, 6) is 0. The molecule has 0 saturated heterocycles. The third kappa shape index (κ3) is 2.59. The van der Waals surface area contributed by atoms with E-state index in [9.17, 15) is 0 Å². The normalized spacial score (nSPS) is 11.0. The first-order valence-electron chi connectivity index (χ1n) is 2.22. The average molecular weight is 130 g/mol. The summed E-state index contributed by atoms with van der Waals surface area (Å²) in [5.41, 5.74) is 0.738. The molecule has 0 amide bonds. The van der Waals surface area contributed by atoms with Gasteiger partial charge in [-0.3, -0.25) is 5.41 Å². The van der Waals surface area contributed by atoms with Crippen LogP contribution in [-0.2, 0) is 0 Å². The molecule has 0 aromatic carbocycles. The van der Waals surface area contributed by atoms with E-state index in [0.29, 0.717) is 0 Å². The SMILES string of the molecule is C=C/C=C(\C)C(=N)Cl. The highest BCUT2D eigenvalue weighted by Gasteiger charge is 1.88. The van der Waals surface area contributed by atoms with Crippen molar-refractivity contribution >= 4 is 16.8 Å². The van der Waals surface area contributed by atoms with Crippen LogP contribution in [0.15, 0.2) is 24.3 Å². The first-order valence-corrected chi connectivity index (χ1v) is 2.60. The molecule has 0 aliphatic heterocycles. The maximum atomic E-state index is 6.85. The van der Waals surface area contributed by atoms with Crippen LogP contribution in [0.25, 0.3) is 0 Å². The van der Waals surface area contributed by atoms with E-state index in [2.05, 4.69) is 6.58 Å². The minimum atomic E-state index is 0.0740. The van der Waals surface area contributed by atoms with E-state index in [-0.39, 0.29) is 5.17 Å². The van der Waals surface area contributed by atoms with E-state index in [1.807, 2.05) is 0 Å². The van der Waals surface area contributed by atoms with Gasteiger partial charge in [0.25, 0.3) is 0 Å². The molecule has 0 aliphatic rings. The van der Waals surface area contributed by atoms with Crippen LogP contribution in [0.2, 0.25) is 0 Å². The third-order valence-corrected chi connectivity index (χ3v) is 1.01. The molecular formula is C6H8ClN. The van der Waals surface area contributed by atoms with Crippen LogP contribution in [0.5, 0.6) is 0 Å². The fraction of sp³-hybridized carbons (Fsp3) is 0.167. The van der Waals surface area contributed by atoms with Crippen LogP contribution in [0, 0.1) is 5.41 Å². The molecule has 0 aromatic rings. The lowest BCUT2D eigenvalue weighted by Gasteiger charge is -1.87. The molecule has 44 valence electrons. The highest BCUT2D eigenvalue weighted by atomic mass is 35.5. The first-order chi connectivity index (χ1) is 3.68. The second-order valence-corrected chi connectivity index (χ2v) is 1.78. The fourth-order valence-corrected chi connectivity index (χ4v) is 0.313. The summed E-state index contributed by atoms with van der Waals surface area (Å²) in [5, 5.41) is 6.93. The van der Waals surface area contributed by atoms with Crippen LogP contribution in [0.4, 0.5) is 0 Å². The molecule has 0 unspecified atom stereocenters. The highest BCUT2D eigenvalue weighted by Crippen LogP contribution is 1.97. The van der Waals surface area contributed by atoms with Crippen molar-refractivity contribution in [2.45, 2.75) is 6.92 Å². The molecule has 1 nitrogen and oxygen atoms in total. The van der Waals surface area contributed by atoms with Crippen molar-refractivity contribution in [2.75, 3.05) is 0 Å². The van der Waals surface area contributed by atoms with Crippen LogP contribution in [0.3, 0.4) is 0 Å². The molecular weight excluding hydrogens is 122 g/mol. The van der Waals surface area contributed by atoms with Crippen molar-refractivity contribution in [1.29, 1.82) is 5.41 Å². The standard InChI is InChI=1S/C6H8ClN/c1-3-4-5(2)6(7)8/h3-4,8H,1H2,2H3/b5-4+,8-6?. The molecule has 0 saturated carbocycles. The molecule has 0 radical (unpaired) electrons. The summed E-state index contributed by atoms with van der Waals surface area (Å²) >= 11 is 5.27. The van der Waals surface area contributed by atoms with Crippen molar-refractivity contribution in [3.05, 3.63) is 24.3 Å². The van der Waals surface area contributed by atoms with Crippen molar-refractivity contribution in [3.63, 3.8) is 0 Å². The quantitative estimate of drug-likeness (QED) is 0.437. The number of rotatable bonds is 2. The van der Waals surface area contributed by atoms with Gasteiger partial charge in [-0.2, -0.15) is 0 Å². The molecule has 8 heavy (non-hydrogen) atoms. The zero-order valence-electron chi connectivity index (χ0n) is 4.74. The zero-order valence-corrected chi connectivity index (χ0v) is 5.50. The molecule has 0 heterocycles. The van der Waals surface area contributed by atoms with Gasteiger partial charge in [-0.1, -0.05) is 30.3 Å². The van der Waals surface area contributed by atoms with Gasteiger partial charge < -0.3 is 0 Å². The van der Waals surface area contributed by atoms with Crippen molar-refractivity contribution in [3.8, 4) is 0 Å². The predicted octanol–water partition coefficient (Wildman–Crippen LogP) is 2.33. The zero-order chi connectivity index (χ0) is 6.57. The Balaban J connectivity index is 3.99. The van der Waals surface area contributed by atoms with E-state index in [0.717, 1.165) is 5.57 Å². The molecule has 1 N–H and O–H groups in total. The topological polar surface area (TPSA) is 23.9 Å². The fourth-order valence-electron chi connectivity index (χ4n) is 0.250. The molecule has 0 fully saturated rings. The number of halogens is 1. The molecule has 0 bridgehead atoms. The Hall–Kier alpha value is -0.560. The minimum Gasteiger partial charge on any atom is -0.289 e. The van der Waals surface area contributed by atoms with E-state index in [4.69, 9.17) is 17.0 Å². The van der Waals surface area contributed by atoms with Gasteiger partial charge in [0.05, 0.1) is 0 Å². The van der Waals surface area contributed by atoms with Crippen molar-refractivity contribution in [1.82, 2.24) is 0 Å². The Kier molecular flexibility index (Phi) is 3.20. The van der Waals surface area contributed by atoms with Gasteiger partial charge in [-0.05, 0) is 12.5 Å². The Morgan fingerprint density at radius 2 is 2.25 bits per heavy atom. The van der Waals surface area contributed by atoms with Gasteiger partial charge in [0, 0.05) is 0 Å². The average Bonchev–Trinajstić information content (AvgIpc) is 1.67. The molecule has 0 aliphatic carbocycles. The van der Waals surface area contributed by atoms with Crippen LogP contribution in [0.1, 0.15) is 6.92 Å². The second-order valence-electron chi connectivity index (χ2n) is 1.40. The highest BCUT2D eigenvalue weighted by molar-refractivity contribution is 6.68. The monoisotopic (exact) mass is 129 g/mol. The van der Waals surface area contributed by atoms with Gasteiger partial charge in [-0.15, -0.1) is 0 Å².